The Labute approximate surface area is 113 Å². The largest absolute Gasteiger partial charge is 0.314 e. The number of hydrogen-bond acceptors (Lipinski definition) is 3. The smallest absolute Gasteiger partial charge is 0.150 e. The molecule has 2 atom stereocenters. The summed E-state index contributed by atoms with van der Waals surface area (Å²) in [6.45, 7) is 5.39. The van der Waals surface area contributed by atoms with Crippen LogP contribution in [0.5, 0.6) is 0 Å². The molecule has 0 saturated carbocycles. The van der Waals surface area contributed by atoms with E-state index in [1.807, 2.05) is 0 Å². The van der Waals surface area contributed by atoms with Crippen molar-refractivity contribution < 1.29 is 8.42 Å². The Balaban J connectivity index is 2.40. The molecule has 0 aliphatic carbocycles. The molecule has 1 heterocycles. The van der Waals surface area contributed by atoms with Gasteiger partial charge < -0.3 is 5.32 Å². The van der Waals surface area contributed by atoms with Crippen molar-refractivity contribution in [1.29, 1.82) is 0 Å². The molecule has 1 aliphatic heterocycles. The van der Waals surface area contributed by atoms with Crippen LogP contribution in [0.15, 0.2) is 0 Å². The molecular formula is C14H29NO2S. The maximum Gasteiger partial charge on any atom is 0.150 e. The number of sulfone groups is 1. The van der Waals surface area contributed by atoms with Gasteiger partial charge in [0.2, 0.25) is 0 Å². The lowest BCUT2D eigenvalue weighted by Gasteiger charge is -2.24. The standard InChI is InChI=1S/C14H29NO2S/c1-3-5-6-7-8-14(15-10-4-2)13-9-11-18(16,17)12-13/h13-15H,3-12H2,1-2H3. The van der Waals surface area contributed by atoms with Gasteiger partial charge in [-0.2, -0.15) is 0 Å². The Hall–Kier alpha value is -0.0900. The zero-order chi connectivity index (χ0) is 13.4. The second-order valence-electron chi connectivity index (χ2n) is 5.57. The molecule has 1 N–H and O–H groups in total. The van der Waals surface area contributed by atoms with Crippen molar-refractivity contribution in [2.75, 3.05) is 18.1 Å². The predicted molar refractivity (Wildman–Crippen MR) is 77.6 cm³/mol. The summed E-state index contributed by atoms with van der Waals surface area (Å²) in [5, 5.41) is 3.56. The van der Waals surface area contributed by atoms with E-state index in [1.54, 1.807) is 0 Å². The first kappa shape index (κ1) is 16.0. The average molecular weight is 275 g/mol. The Morgan fingerprint density at radius 3 is 2.50 bits per heavy atom. The van der Waals surface area contributed by atoms with E-state index >= 15 is 0 Å². The fourth-order valence-corrected chi connectivity index (χ4v) is 4.65. The number of hydrogen-bond donors (Lipinski definition) is 1. The fourth-order valence-electron chi connectivity index (χ4n) is 2.77. The third-order valence-corrected chi connectivity index (χ3v) is 5.66. The van der Waals surface area contributed by atoms with Gasteiger partial charge in [0.15, 0.2) is 9.84 Å². The van der Waals surface area contributed by atoms with Crippen LogP contribution >= 0.6 is 0 Å². The van der Waals surface area contributed by atoms with E-state index in [4.69, 9.17) is 0 Å². The van der Waals surface area contributed by atoms with E-state index in [0.717, 1.165) is 25.8 Å². The van der Waals surface area contributed by atoms with Gasteiger partial charge in [0.25, 0.3) is 0 Å². The van der Waals surface area contributed by atoms with Crippen LogP contribution in [0.4, 0.5) is 0 Å². The molecule has 0 bridgehead atoms. The summed E-state index contributed by atoms with van der Waals surface area (Å²) in [6, 6.07) is 0.416. The molecule has 0 aromatic rings. The quantitative estimate of drug-likeness (QED) is 0.658. The summed E-state index contributed by atoms with van der Waals surface area (Å²) in [7, 11) is -2.74. The van der Waals surface area contributed by atoms with Crippen LogP contribution in [0.3, 0.4) is 0 Å². The summed E-state index contributed by atoms with van der Waals surface area (Å²) in [5.74, 6) is 1.15. The molecule has 1 saturated heterocycles. The van der Waals surface area contributed by atoms with Crippen molar-refractivity contribution in [1.82, 2.24) is 5.32 Å². The van der Waals surface area contributed by atoms with Gasteiger partial charge in [0.05, 0.1) is 11.5 Å². The Kier molecular flexibility index (Phi) is 7.23. The van der Waals surface area contributed by atoms with Crippen LogP contribution in [0.1, 0.15) is 58.8 Å². The fraction of sp³-hybridized carbons (Fsp3) is 1.00. The van der Waals surface area contributed by atoms with E-state index < -0.39 is 9.84 Å². The highest BCUT2D eigenvalue weighted by molar-refractivity contribution is 7.91. The molecule has 1 rings (SSSR count). The van der Waals surface area contributed by atoms with Gasteiger partial charge in [-0.3, -0.25) is 0 Å². The molecule has 0 radical (unpaired) electrons. The molecule has 0 aromatic carbocycles. The van der Waals surface area contributed by atoms with Crippen molar-refractivity contribution >= 4 is 9.84 Å². The summed E-state index contributed by atoms with van der Waals surface area (Å²) in [4.78, 5) is 0. The van der Waals surface area contributed by atoms with E-state index in [2.05, 4.69) is 19.2 Å². The first-order valence-corrected chi connectivity index (χ1v) is 9.35. The van der Waals surface area contributed by atoms with Gasteiger partial charge in [-0.15, -0.1) is 0 Å². The highest BCUT2D eigenvalue weighted by Gasteiger charge is 2.32. The average Bonchev–Trinajstić information content (AvgIpc) is 2.69. The molecule has 4 heteroatoms. The minimum Gasteiger partial charge on any atom is -0.314 e. The van der Waals surface area contributed by atoms with E-state index in [9.17, 15) is 8.42 Å². The number of unbranched alkanes of at least 4 members (excludes halogenated alkanes) is 3. The lowest BCUT2D eigenvalue weighted by molar-refractivity contribution is 0.350. The maximum atomic E-state index is 11.6. The van der Waals surface area contributed by atoms with Crippen molar-refractivity contribution in [3.63, 3.8) is 0 Å². The van der Waals surface area contributed by atoms with Gasteiger partial charge >= 0.3 is 0 Å². The summed E-state index contributed by atoms with van der Waals surface area (Å²) >= 11 is 0. The first-order chi connectivity index (χ1) is 8.59. The van der Waals surface area contributed by atoms with E-state index in [1.165, 1.54) is 25.7 Å². The van der Waals surface area contributed by atoms with Gasteiger partial charge in [-0.1, -0.05) is 39.5 Å². The zero-order valence-electron chi connectivity index (χ0n) is 12.0. The molecule has 18 heavy (non-hydrogen) atoms. The molecule has 0 amide bonds. The third kappa shape index (κ3) is 5.70. The van der Waals surface area contributed by atoms with Gasteiger partial charge in [0.1, 0.15) is 0 Å². The topological polar surface area (TPSA) is 46.2 Å². The van der Waals surface area contributed by atoms with E-state index in [0.29, 0.717) is 23.5 Å². The van der Waals surface area contributed by atoms with Crippen molar-refractivity contribution in [3.8, 4) is 0 Å². The highest BCUT2D eigenvalue weighted by atomic mass is 32.2. The molecule has 0 spiro atoms. The number of nitrogens with one attached hydrogen (secondary N) is 1. The minimum absolute atomic E-state index is 0.350. The van der Waals surface area contributed by atoms with Gasteiger partial charge in [-0.25, -0.2) is 8.42 Å². The summed E-state index contributed by atoms with van der Waals surface area (Å²) in [5.41, 5.74) is 0. The second-order valence-corrected chi connectivity index (χ2v) is 7.80. The molecule has 0 aromatic heterocycles. The molecular weight excluding hydrogens is 246 g/mol. The molecule has 1 aliphatic rings. The lowest BCUT2D eigenvalue weighted by atomic mass is 9.94. The van der Waals surface area contributed by atoms with Crippen LogP contribution in [0.25, 0.3) is 0 Å². The molecule has 3 nitrogen and oxygen atoms in total. The van der Waals surface area contributed by atoms with Gasteiger partial charge in [-0.05, 0) is 31.7 Å². The van der Waals surface area contributed by atoms with Crippen LogP contribution in [-0.2, 0) is 9.84 Å². The Bertz CT molecular complexity index is 314. The third-order valence-electron chi connectivity index (χ3n) is 3.86. The highest BCUT2D eigenvalue weighted by Crippen LogP contribution is 2.25. The zero-order valence-corrected chi connectivity index (χ0v) is 12.8. The Morgan fingerprint density at radius 2 is 1.94 bits per heavy atom. The maximum absolute atomic E-state index is 11.6. The normalized spacial score (nSPS) is 24.2. The predicted octanol–water partition coefficient (Wildman–Crippen LogP) is 2.76. The van der Waals surface area contributed by atoms with Crippen molar-refractivity contribution in [2.45, 2.75) is 64.8 Å². The van der Waals surface area contributed by atoms with Gasteiger partial charge in [0, 0.05) is 6.04 Å². The second kappa shape index (κ2) is 8.16. The molecule has 1 fully saturated rings. The lowest BCUT2D eigenvalue weighted by Crippen LogP contribution is -2.37. The SMILES string of the molecule is CCCCCCC(NCCC)C1CCS(=O)(=O)C1. The Morgan fingerprint density at radius 1 is 1.17 bits per heavy atom. The summed E-state index contributed by atoms with van der Waals surface area (Å²) < 4.78 is 23.1. The van der Waals surface area contributed by atoms with Crippen molar-refractivity contribution in [2.24, 2.45) is 5.92 Å². The molecule has 2 unspecified atom stereocenters. The summed E-state index contributed by atoms with van der Waals surface area (Å²) in [6.07, 6.45) is 8.17. The van der Waals surface area contributed by atoms with Crippen LogP contribution in [-0.4, -0.2) is 32.5 Å². The minimum atomic E-state index is -2.74. The van der Waals surface area contributed by atoms with Crippen LogP contribution < -0.4 is 5.32 Å². The first-order valence-electron chi connectivity index (χ1n) is 7.53. The monoisotopic (exact) mass is 275 g/mol. The van der Waals surface area contributed by atoms with Crippen LogP contribution in [0, 0.1) is 5.92 Å². The van der Waals surface area contributed by atoms with E-state index in [-0.39, 0.29) is 0 Å². The molecule has 108 valence electrons. The van der Waals surface area contributed by atoms with Crippen LogP contribution in [0.2, 0.25) is 0 Å². The number of rotatable bonds is 9. The van der Waals surface area contributed by atoms with Crippen molar-refractivity contribution in [3.05, 3.63) is 0 Å².